The SMILES string of the molecule is COc1cc(C#N)ccc1-c1ccc(C[C@H](NC(=O)c2cc(C)ccc2Br)C(=O)O)cc1OC. The summed E-state index contributed by atoms with van der Waals surface area (Å²) < 4.78 is 11.6. The number of rotatable bonds is 8. The van der Waals surface area contributed by atoms with Crippen molar-refractivity contribution in [1.29, 1.82) is 5.26 Å². The zero-order valence-corrected chi connectivity index (χ0v) is 20.5. The Kier molecular flexibility index (Phi) is 7.92. The molecular weight excluding hydrogens is 500 g/mol. The van der Waals surface area contributed by atoms with Crippen LogP contribution in [0.25, 0.3) is 11.1 Å². The molecule has 7 nitrogen and oxygen atoms in total. The molecule has 0 radical (unpaired) electrons. The Morgan fingerprint density at radius 2 is 1.68 bits per heavy atom. The summed E-state index contributed by atoms with van der Waals surface area (Å²) in [5.74, 6) is -0.593. The predicted molar refractivity (Wildman–Crippen MR) is 131 cm³/mol. The van der Waals surface area contributed by atoms with Crippen LogP contribution in [0, 0.1) is 18.3 Å². The second kappa shape index (κ2) is 10.9. The van der Waals surface area contributed by atoms with Gasteiger partial charge in [-0.15, -0.1) is 0 Å². The van der Waals surface area contributed by atoms with Gasteiger partial charge in [0.15, 0.2) is 0 Å². The predicted octanol–water partition coefficient (Wildman–Crippen LogP) is 4.74. The molecule has 0 aromatic heterocycles. The minimum atomic E-state index is -1.14. The van der Waals surface area contributed by atoms with Crippen LogP contribution in [0.4, 0.5) is 0 Å². The number of hydrogen-bond acceptors (Lipinski definition) is 5. The average Bonchev–Trinajstić information content (AvgIpc) is 2.84. The van der Waals surface area contributed by atoms with E-state index < -0.39 is 17.9 Å². The van der Waals surface area contributed by atoms with Crippen LogP contribution >= 0.6 is 15.9 Å². The van der Waals surface area contributed by atoms with Crippen molar-refractivity contribution < 1.29 is 24.2 Å². The lowest BCUT2D eigenvalue weighted by Gasteiger charge is -2.18. The van der Waals surface area contributed by atoms with E-state index in [2.05, 4.69) is 27.3 Å². The van der Waals surface area contributed by atoms with E-state index in [0.717, 1.165) is 16.7 Å². The number of carbonyl (C=O) groups is 2. The molecule has 3 rings (SSSR count). The van der Waals surface area contributed by atoms with Crippen molar-refractivity contribution in [1.82, 2.24) is 5.32 Å². The van der Waals surface area contributed by atoms with Gasteiger partial charge >= 0.3 is 5.97 Å². The summed E-state index contributed by atoms with van der Waals surface area (Å²) in [5, 5.41) is 21.5. The molecule has 0 unspecified atom stereocenters. The highest BCUT2D eigenvalue weighted by Gasteiger charge is 2.23. The van der Waals surface area contributed by atoms with Crippen LogP contribution in [0.2, 0.25) is 0 Å². The summed E-state index contributed by atoms with van der Waals surface area (Å²) >= 11 is 3.34. The molecule has 174 valence electrons. The molecule has 0 saturated carbocycles. The summed E-state index contributed by atoms with van der Waals surface area (Å²) in [5.41, 5.74) is 3.86. The second-order valence-electron chi connectivity index (χ2n) is 7.61. The molecule has 2 N–H and O–H groups in total. The minimum Gasteiger partial charge on any atom is -0.496 e. The zero-order chi connectivity index (χ0) is 24.8. The minimum absolute atomic E-state index is 0.0612. The van der Waals surface area contributed by atoms with Gasteiger partial charge in [0.2, 0.25) is 0 Å². The number of carboxylic acid groups (broad SMARTS) is 1. The molecule has 0 fully saturated rings. The fourth-order valence-electron chi connectivity index (χ4n) is 3.55. The van der Waals surface area contributed by atoms with E-state index in [1.165, 1.54) is 14.2 Å². The number of ether oxygens (including phenoxy) is 2. The molecular formula is C26H23BrN2O5. The van der Waals surface area contributed by atoms with Gasteiger partial charge < -0.3 is 19.9 Å². The first-order valence-electron chi connectivity index (χ1n) is 10.3. The van der Waals surface area contributed by atoms with Gasteiger partial charge in [0.1, 0.15) is 17.5 Å². The van der Waals surface area contributed by atoms with Crippen LogP contribution in [-0.2, 0) is 11.2 Å². The lowest BCUT2D eigenvalue weighted by Crippen LogP contribution is -2.42. The van der Waals surface area contributed by atoms with E-state index in [4.69, 9.17) is 14.7 Å². The van der Waals surface area contributed by atoms with Gasteiger partial charge in [-0.2, -0.15) is 5.26 Å². The molecule has 0 saturated heterocycles. The number of aliphatic carboxylic acids is 1. The molecule has 3 aromatic rings. The first-order valence-corrected chi connectivity index (χ1v) is 11.1. The van der Waals surface area contributed by atoms with Gasteiger partial charge in [0.25, 0.3) is 5.91 Å². The largest absolute Gasteiger partial charge is 0.496 e. The Bertz CT molecular complexity index is 1280. The smallest absolute Gasteiger partial charge is 0.326 e. The molecule has 0 spiro atoms. The summed E-state index contributed by atoms with van der Waals surface area (Å²) in [4.78, 5) is 24.7. The van der Waals surface area contributed by atoms with E-state index in [1.54, 1.807) is 48.5 Å². The molecule has 0 aliphatic rings. The van der Waals surface area contributed by atoms with Gasteiger partial charge in [0.05, 0.1) is 31.4 Å². The number of halogens is 1. The Labute approximate surface area is 206 Å². The first-order chi connectivity index (χ1) is 16.3. The van der Waals surface area contributed by atoms with Crippen LogP contribution in [0.15, 0.2) is 59.1 Å². The molecule has 3 aromatic carbocycles. The fraction of sp³-hybridized carbons (Fsp3) is 0.192. The fourth-order valence-corrected chi connectivity index (χ4v) is 3.98. The summed E-state index contributed by atoms with van der Waals surface area (Å²) in [6, 6.07) is 16.7. The monoisotopic (exact) mass is 522 g/mol. The molecule has 0 aliphatic heterocycles. The van der Waals surface area contributed by atoms with Crippen LogP contribution in [0.3, 0.4) is 0 Å². The van der Waals surface area contributed by atoms with Gasteiger partial charge in [-0.05, 0) is 64.8 Å². The molecule has 0 bridgehead atoms. The third-order valence-electron chi connectivity index (χ3n) is 5.30. The maximum absolute atomic E-state index is 12.7. The summed E-state index contributed by atoms with van der Waals surface area (Å²) in [6.45, 7) is 1.86. The van der Waals surface area contributed by atoms with E-state index in [9.17, 15) is 14.7 Å². The van der Waals surface area contributed by atoms with E-state index in [1.807, 2.05) is 13.0 Å². The van der Waals surface area contributed by atoms with Crippen molar-refractivity contribution in [2.75, 3.05) is 14.2 Å². The Morgan fingerprint density at radius 1 is 1.03 bits per heavy atom. The highest BCUT2D eigenvalue weighted by Crippen LogP contribution is 2.37. The molecule has 34 heavy (non-hydrogen) atoms. The third kappa shape index (κ3) is 5.56. The van der Waals surface area contributed by atoms with Crippen molar-refractivity contribution in [3.63, 3.8) is 0 Å². The normalized spacial score (nSPS) is 11.3. The van der Waals surface area contributed by atoms with Crippen molar-refractivity contribution >= 4 is 27.8 Å². The molecule has 0 heterocycles. The topological polar surface area (TPSA) is 109 Å². The Balaban J connectivity index is 1.88. The van der Waals surface area contributed by atoms with Crippen LogP contribution in [-0.4, -0.2) is 37.2 Å². The van der Waals surface area contributed by atoms with E-state index in [0.29, 0.717) is 32.7 Å². The lowest BCUT2D eigenvalue weighted by molar-refractivity contribution is -0.139. The number of nitriles is 1. The first kappa shape index (κ1) is 24.8. The number of carboxylic acids is 1. The highest BCUT2D eigenvalue weighted by molar-refractivity contribution is 9.10. The number of methoxy groups -OCH3 is 2. The van der Waals surface area contributed by atoms with Crippen LogP contribution < -0.4 is 14.8 Å². The van der Waals surface area contributed by atoms with Crippen molar-refractivity contribution in [3.8, 4) is 28.7 Å². The molecule has 0 aliphatic carbocycles. The summed E-state index contributed by atoms with van der Waals surface area (Å²) in [6.07, 6.45) is 0.0612. The third-order valence-corrected chi connectivity index (χ3v) is 5.99. The van der Waals surface area contributed by atoms with Gasteiger partial charge in [0, 0.05) is 22.0 Å². The number of hydrogen-bond donors (Lipinski definition) is 2. The standard InChI is InChI=1S/C26H23BrN2O5/c1-15-4-9-21(27)20(10-15)25(30)29-22(26(31)32)11-16-5-7-18(23(12-16)33-2)19-8-6-17(14-28)13-24(19)34-3/h4-10,12-13,22H,11H2,1-3H3,(H,29,30)(H,31,32)/t22-/m0/s1. The van der Waals surface area contributed by atoms with Gasteiger partial charge in [-0.1, -0.05) is 23.8 Å². The zero-order valence-electron chi connectivity index (χ0n) is 18.9. The van der Waals surface area contributed by atoms with E-state index in [-0.39, 0.29) is 6.42 Å². The Morgan fingerprint density at radius 3 is 2.29 bits per heavy atom. The number of aryl methyl sites for hydroxylation is 1. The number of carbonyl (C=O) groups excluding carboxylic acids is 1. The van der Waals surface area contributed by atoms with Crippen LogP contribution in [0.5, 0.6) is 11.5 Å². The molecule has 1 amide bonds. The summed E-state index contributed by atoms with van der Waals surface area (Å²) in [7, 11) is 3.04. The molecule has 1 atom stereocenters. The number of nitrogens with zero attached hydrogens (tertiary/aromatic N) is 1. The van der Waals surface area contributed by atoms with Crippen LogP contribution in [0.1, 0.15) is 27.0 Å². The quantitative estimate of drug-likeness (QED) is 0.442. The lowest BCUT2D eigenvalue weighted by atomic mass is 9.97. The maximum Gasteiger partial charge on any atom is 0.326 e. The van der Waals surface area contributed by atoms with Gasteiger partial charge in [-0.25, -0.2) is 4.79 Å². The average molecular weight is 523 g/mol. The van der Waals surface area contributed by atoms with E-state index >= 15 is 0 Å². The van der Waals surface area contributed by atoms with Crippen molar-refractivity contribution in [2.45, 2.75) is 19.4 Å². The van der Waals surface area contributed by atoms with Crippen molar-refractivity contribution in [2.24, 2.45) is 0 Å². The van der Waals surface area contributed by atoms with Gasteiger partial charge in [-0.3, -0.25) is 4.79 Å². The highest BCUT2D eigenvalue weighted by atomic mass is 79.9. The number of nitrogens with one attached hydrogen (secondary N) is 1. The molecule has 8 heteroatoms. The Hall–Kier alpha value is -3.83. The number of amides is 1. The number of benzene rings is 3. The second-order valence-corrected chi connectivity index (χ2v) is 8.47. The maximum atomic E-state index is 12.7. The van der Waals surface area contributed by atoms with Crippen molar-refractivity contribution in [3.05, 3.63) is 81.3 Å².